The van der Waals surface area contributed by atoms with Crippen molar-refractivity contribution in [1.82, 2.24) is 5.32 Å². The van der Waals surface area contributed by atoms with E-state index < -0.39 is 0 Å². The second-order valence-corrected chi connectivity index (χ2v) is 3.17. The largest absolute Gasteiger partial charge is 0.426 e. The standard InChI is InChI=1S/C12H11NO2/c1-9(14)15-12-7-3-2-6-11-10(12)5-4-8-13-11/h2-8,13H,1H3. The Morgan fingerprint density at radius 1 is 1.20 bits per heavy atom. The average molecular weight is 201 g/mol. The minimum Gasteiger partial charge on any atom is -0.426 e. The van der Waals surface area contributed by atoms with E-state index in [1.54, 1.807) is 6.08 Å². The van der Waals surface area contributed by atoms with Crippen molar-refractivity contribution in [3.63, 3.8) is 0 Å². The highest BCUT2D eigenvalue weighted by Gasteiger charge is 2.15. The van der Waals surface area contributed by atoms with Crippen molar-refractivity contribution in [1.29, 1.82) is 0 Å². The van der Waals surface area contributed by atoms with E-state index in [-0.39, 0.29) is 5.97 Å². The van der Waals surface area contributed by atoms with Crippen molar-refractivity contribution in [2.75, 3.05) is 0 Å². The molecular formula is C12H11NO2. The summed E-state index contributed by atoms with van der Waals surface area (Å²) in [6.45, 7) is 1.39. The van der Waals surface area contributed by atoms with Crippen LogP contribution in [0.5, 0.6) is 0 Å². The van der Waals surface area contributed by atoms with Crippen molar-refractivity contribution in [3.8, 4) is 0 Å². The maximum Gasteiger partial charge on any atom is 0.308 e. The highest BCUT2D eigenvalue weighted by atomic mass is 16.5. The Morgan fingerprint density at radius 3 is 2.80 bits per heavy atom. The fraction of sp³-hybridized carbons (Fsp3) is 0.0833. The Kier molecular flexibility index (Phi) is 2.54. The van der Waals surface area contributed by atoms with Crippen LogP contribution in [0.3, 0.4) is 0 Å². The van der Waals surface area contributed by atoms with Gasteiger partial charge in [-0.25, -0.2) is 0 Å². The smallest absolute Gasteiger partial charge is 0.308 e. The molecule has 0 aromatic rings. The monoisotopic (exact) mass is 201 g/mol. The molecule has 0 amide bonds. The first-order chi connectivity index (χ1) is 7.27. The van der Waals surface area contributed by atoms with Gasteiger partial charge in [-0.15, -0.1) is 0 Å². The summed E-state index contributed by atoms with van der Waals surface area (Å²) in [4.78, 5) is 10.9. The van der Waals surface area contributed by atoms with E-state index in [1.807, 2.05) is 36.6 Å². The van der Waals surface area contributed by atoms with Crippen LogP contribution in [0.1, 0.15) is 6.92 Å². The van der Waals surface area contributed by atoms with Crippen LogP contribution in [0, 0.1) is 0 Å². The molecule has 1 N–H and O–H groups in total. The minimum atomic E-state index is -0.314. The predicted molar refractivity (Wildman–Crippen MR) is 57.4 cm³/mol. The van der Waals surface area contributed by atoms with E-state index in [9.17, 15) is 4.79 Å². The van der Waals surface area contributed by atoms with Crippen LogP contribution >= 0.6 is 0 Å². The molecule has 2 rings (SSSR count). The van der Waals surface area contributed by atoms with Gasteiger partial charge in [0.1, 0.15) is 5.76 Å². The van der Waals surface area contributed by atoms with Crippen molar-refractivity contribution in [3.05, 3.63) is 59.7 Å². The number of nitrogens with one attached hydrogen (secondary N) is 1. The highest BCUT2D eigenvalue weighted by molar-refractivity contribution is 5.69. The molecular weight excluding hydrogens is 190 g/mol. The second kappa shape index (κ2) is 4.00. The zero-order valence-electron chi connectivity index (χ0n) is 8.36. The number of dihydropyridines is 1. The number of hydrogen-bond donors (Lipinski definition) is 1. The van der Waals surface area contributed by atoms with E-state index in [1.165, 1.54) is 6.92 Å². The number of ether oxygens (including phenoxy) is 1. The van der Waals surface area contributed by atoms with Gasteiger partial charge in [-0.3, -0.25) is 4.79 Å². The van der Waals surface area contributed by atoms with Crippen LogP contribution in [0.25, 0.3) is 0 Å². The molecule has 0 aromatic heterocycles. The fourth-order valence-corrected chi connectivity index (χ4v) is 1.43. The van der Waals surface area contributed by atoms with Gasteiger partial charge >= 0.3 is 5.97 Å². The van der Waals surface area contributed by atoms with Gasteiger partial charge in [0.2, 0.25) is 0 Å². The minimum absolute atomic E-state index is 0.314. The van der Waals surface area contributed by atoms with E-state index >= 15 is 0 Å². The van der Waals surface area contributed by atoms with Crippen molar-refractivity contribution in [2.24, 2.45) is 0 Å². The Labute approximate surface area is 88.1 Å². The van der Waals surface area contributed by atoms with Crippen molar-refractivity contribution in [2.45, 2.75) is 6.92 Å². The molecule has 0 spiro atoms. The van der Waals surface area contributed by atoms with Gasteiger partial charge in [0.25, 0.3) is 0 Å². The first-order valence-corrected chi connectivity index (χ1v) is 4.68. The molecule has 0 saturated heterocycles. The molecule has 1 aliphatic carbocycles. The number of hydrogen-bond acceptors (Lipinski definition) is 3. The zero-order valence-corrected chi connectivity index (χ0v) is 8.36. The van der Waals surface area contributed by atoms with Crippen LogP contribution in [0.4, 0.5) is 0 Å². The summed E-state index contributed by atoms with van der Waals surface area (Å²) in [6.07, 6.45) is 13.1. The normalized spacial score (nSPS) is 17.8. The number of fused-ring (bicyclic) bond motifs is 1. The molecule has 0 fully saturated rings. The van der Waals surface area contributed by atoms with E-state index in [2.05, 4.69) is 5.32 Å². The zero-order chi connectivity index (χ0) is 10.7. The molecule has 3 heteroatoms. The molecule has 0 bridgehead atoms. The summed E-state index contributed by atoms with van der Waals surface area (Å²) in [7, 11) is 0. The quantitative estimate of drug-likeness (QED) is 0.659. The molecule has 1 aliphatic heterocycles. The summed E-state index contributed by atoms with van der Waals surface area (Å²) in [6, 6.07) is 0. The molecule has 76 valence electrons. The van der Waals surface area contributed by atoms with Crippen LogP contribution in [-0.2, 0) is 9.53 Å². The number of carbonyl (C=O) groups is 1. The van der Waals surface area contributed by atoms with E-state index in [4.69, 9.17) is 4.74 Å². The molecule has 0 unspecified atom stereocenters. The maximum atomic E-state index is 10.9. The Bertz CT molecular complexity index is 437. The van der Waals surface area contributed by atoms with Gasteiger partial charge in [0, 0.05) is 24.4 Å². The fourth-order valence-electron chi connectivity index (χ4n) is 1.43. The lowest BCUT2D eigenvalue weighted by Crippen LogP contribution is -2.13. The summed E-state index contributed by atoms with van der Waals surface area (Å²) in [5.74, 6) is 0.255. The molecule has 0 atom stereocenters. The predicted octanol–water partition coefficient (Wildman–Crippen LogP) is 1.93. The summed E-state index contributed by atoms with van der Waals surface area (Å²) in [5, 5.41) is 3.09. The third-order valence-electron chi connectivity index (χ3n) is 2.03. The first kappa shape index (κ1) is 9.52. The van der Waals surface area contributed by atoms with E-state index in [0.717, 1.165) is 11.3 Å². The number of carbonyl (C=O) groups excluding carboxylic acids is 1. The van der Waals surface area contributed by atoms with Gasteiger partial charge in [-0.05, 0) is 24.3 Å². The van der Waals surface area contributed by atoms with Gasteiger partial charge in [0.05, 0.1) is 0 Å². The summed E-state index contributed by atoms with van der Waals surface area (Å²) >= 11 is 0. The number of esters is 1. The molecule has 0 saturated carbocycles. The summed E-state index contributed by atoms with van der Waals surface area (Å²) < 4.78 is 5.13. The van der Waals surface area contributed by atoms with E-state index in [0.29, 0.717) is 5.76 Å². The Balaban J connectivity index is 2.36. The van der Waals surface area contributed by atoms with Crippen LogP contribution in [-0.4, -0.2) is 5.97 Å². The molecule has 1 heterocycles. The van der Waals surface area contributed by atoms with Gasteiger partial charge in [-0.1, -0.05) is 12.2 Å². The number of allylic oxidation sites excluding steroid dienone is 6. The SMILES string of the molecule is CC(=O)OC1=CC=CC=C2NC=CC=C21. The average Bonchev–Trinajstić information content (AvgIpc) is 2.41. The molecule has 0 aromatic carbocycles. The lowest BCUT2D eigenvalue weighted by molar-refractivity contribution is -0.136. The number of rotatable bonds is 1. The van der Waals surface area contributed by atoms with Crippen LogP contribution in [0.15, 0.2) is 59.7 Å². The van der Waals surface area contributed by atoms with Gasteiger partial charge < -0.3 is 10.1 Å². The molecule has 3 nitrogen and oxygen atoms in total. The highest BCUT2D eigenvalue weighted by Crippen LogP contribution is 2.23. The van der Waals surface area contributed by atoms with Gasteiger partial charge in [-0.2, -0.15) is 0 Å². The maximum absolute atomic E-state index is 10.9. The molecule has 0 radical (unpaired) electrons. The first-order valence-electron chi connectivity index (χ1n) is 4.68. The lowest BCUT2D eigenvalue weighted by atomic mass is 10.1. The summed E-state index contributed by atoms with van der Waals surface area (Å²) in [5.41, 5.74) is 1.82. The topological polar surface area (TPSA) is 38.3 Å². The third kappa shape index (κ3) is 2.07. The van der Waals surface area contributed by atoms with Crippen LogP contribution in [0.2, 0.25) is 0 Å². The van der Waals surface area contributed by atoms with Gasteiger partial charge in [0.15, 0.2) is 0 Å². The Morgan fingerprint density at radius 2 is 2.00 bits per heavy atom. The molecule has 2 aliphatic rings. The lowest BCUT2D eigenvalue weighted by Gasteiger charge is -2.15. The van der Waals surface area contributed by atoms with Crippen molar-refractivity contribution < 1.29 is 9.53 Å². The molecule has 15 heavy (non-hydrogen) atoms. The second-order valence-electron chi connectivity index (χ2n) is 3.17. The third-order valence-corrected chi connectivity index (χ3v) is 2.03. The van der Waals surface area contributed by atoms with Crippen LogP contribution < -0.4 is 5.32 Å². The Hall–Kier alpha value is -2.03. The van der Waals surface area contributed by atoms with Crippen molar-refractivity contribution >= 4 is 5.97 Å².